The van der Waals surface area contributed by atoms with Crippen LogP contribution in [0.5, 0.6) is 5.75 Å². The second-order valence-electron chi connectivity index (χ2n) is 6.86. The molecule has 0 saturated heterocycles. The van der Waals surface area contributed by atoms with E-state index >= 15 is 0 Å². The minimum absolute atomic E-state index is 0.256. The van der Waals surface area contributed by atoms with E-state index in [0.717, 1.165) is 12.3 Å². The summed E-state index contributed by atoms with van der Waals surface area (Å²) in [7, 11) is 3.85. The van der Waals surface area contributed by atoms with E-state index in [9.17, 15) is 0 Å². The summed E-state index contributed by atoms with van der Waals surface area (Å²) in [4.78, 5) is 0. The minimum atomic E-state index is 0.256. The third-order valence-electron chi connectivity index (χ3n) is 5.18. The fraction of sp³-hybridized carbons (Fsp3) is 0.684. The Morgan fingerprint density at radius 1 is 1.10 bits per heavy atom. The summed E-state index contributed by atoms with van der Waals surface area (Å²) in [6.45, 7) is 5.68. The van der Waals surface area contributed by atoms with Crippen molar-refractivity contribution in [2.24, 2.45) is 5.41 Å². The Bertz CT molecular complexity index is 441. The van der Waals surface area contributed by atoms with Gasteiger partial charge in [0.2, 0.25) is 0 Å². The summed E-state index contributed by atoms with van der Waals surface area (Å²) in [5, 5.41) is 3.43. The lowest BCUT2D eigenvalue weighted by molar-refractivity contribution is 0.00266. The number of hydrogen-bond acceptors (Lipinski definition) is 2. The van der Waals surface area contributed by atoms with Crippen molar-refractivity contribution in [2.45, 2.75) is 57.8 Å². The molecule has 0 spiro atoms. The molecule has 0 aromatic heterocycles. The lowest BCUT2D eigenvalue weighted by atomic mass is 9.47. The number of rotatable bonds is 8. The topological polar surface area (TPSA) is 21.3 Å². The zero-order valence-electron chi connectivity index (χ0n) is 14.2. The van der Waals surface area contributed by atoms with Crippen molar-refractivity contribution in [3.63, 3.8) is 0 Å². The average molecular weight is 289 g/mol. The van der Waals surface area contributed by atoms with Gasteiger partial charge in [-0.05, 0) is 44.2 Å². The largest absolute Gasteiger partial charge is 0.496 e. The lowest BCUT2D eigenvalue weighted by Gasteiger charge is -2.57. The molecule has 0 amide bonds. The molecule has 1 aromatic rings. The number of methoxy groups -OCH3 is 1. The van der Waals surface area contributed by atoms with Crippen LogP contribution < -0.4 is 10.1 Å². The van der Waals surface area contributed by atoms with Crippen LogP contribution in [-0.4, -0.2) is 20.7 Å². The molecule has 0 heterocycles. The fourth-order valence-corrected chi connectivity index (χ4v) is 4.75. The Kier molecular flexibility index (Phi) is 5.32. The predicted octanol–water partition coefficient (Wildman–Crippen LogP) is 4.53. The van der Waals surface area contributed by atoms with Gasteiger partial charge >= 0.3 is 0 Å². The number of para-hydroxylation sites is 1. The van der Waals surface area contributed by atoms with E-state index in [0.29, 0.717) is 5.41 Å². The average Bonchev–Trinajstić information content (AvgIpc) is 2.46. The standard InChI is InChI=1S/C19H31NO/c1-5-11-18(12-6-2)13-19(14-18,15-20-3)16-9-7-8-10-17(16)21-4/h7-10,20H,5-6,11-15H2,1-4H3. The van der Waals surface area contributed by atoms with E-state index < -0.39 is 0 Å². The Labute approximate surface area is 130 Å². The number of likely N-dealkylation sites (N-methyl/N-ethyl adjacent to an activating group) is 1. The summed E-state index contributed by atoms with van der Waals surface area (Å²) >= 11 is 0. The molecule has 118 valence electrons. The van der Waals surface area contributed by atoms with Gasteiger partial charge in [0.1, 0.15) is 5.75 Å². The van der Waals surface area contributed by atoms with Gasteiger partial charge in [-0.25, -0.2) is 0 Å². The van der Waals surface area contributed by atoms with Crippen LogP contribution in [0.1, 0.15) is 57.9 Å². The summed E-state index contributed by atoms with van der Waals surface area (Å²) < 4.78 is 5.63. The monoisotopic (exact) mass is 289 g/mol. The molecule has 2 heteroatoms. The molecule has 2 nitrogen and oxygen atoms in total. The SMILES string of the molecule is CCCC1(CCC)CC(CNC)(c2ccccc2OC)C1. The van der Waals surface area contributed by atoms with Crippen molar-refractivity contribution in [1.29, 1.82) is 0 Å². The lowest BCUT2D eigenvalue weighted by Crippen LogP contribution is -2.54. The molecule has 0 bridgehead atoms. The first-order valence-electron chi connectivity index (χ1n) is 8.43. The van der Waals surface area contributed by atoms with Crippen LogP contribution in [-0.2, 0) is 5.41 Å². The van der Waals surface area contributed by atoms with Crippen LogP contribution in [0.25, 0.3) is 0 Å². The zero-order chi connectivity index (χ0) is 15.3. The van der Waals surface area contributed by atoms with Crippen molar-refractivity contribution in [2.75, 3.05) is 20.7 Å². The highest BCUT2D eigenvalue weighted by molar-refractivity contribution is 5.43. The van der Waals surface area contributed by atoms with Crippen LogP contribution in [0.4, 0.5) is 0 Å². The molecule has 1 aliphatic carbocycles. The molecule has 1 saturated carbocycles. The first-order chi connectivity index (χ1) is 10.2. The maximum Gasteiger partial charge on any atom is 0.122 e. The molecule has 0 aliphatic heterocycles. The normalized spacial score (nSPS) is 19.0. The third-order valence-corrected chi connectivity index (χ3v) is 5.18. The van der Waals surface area contributed by atoms with Gasteiger partial charge in [-0.1, -0.05) is 44.9 Å². The second-order valence-corrected chi connectivity index (χ2v) is 6.86. The minimum Gasteiger partial charge on any atom is -0.496 e. The molecule has 1 aromatic carbocycles. The van der Waals surface area contributed by atoms with Gasteiger partial charge < -0.3 is 10.1 Å². The van der Waals surface area contributed by atoms with Gasteiger partial charge in [-0.15, -0.1) is 0 Å². The van der Waals surface area contributed by atoms with E-state index in [1.165, 1.54) is 44.1 Å². The molecule has 0 unspecified atom stereocenters. The molecule has 1 aliphatic rings. The van der Waals surface area contributed by atoms with E-state index in [4.69, 9.17) is 4.74 Å². The smallest absolute Gasteiger partial charge is 0.122 e. The van der Waals surface area contributed by atoms with Gasteiger partial charge in [0.15, 0.2) is 0 Å². The third kappa shape index (κ3) is 3.11. The zero-order valence-corrected chi connectivity index (χ0v) is 14.2. The summed E-state index contributed by atoms with van der Waals surface area (Å²) in [6, 6.07) is 8.58. The van der Waals surface area contributed by atoms with E-state index in [1.807, 2.05) is 0 Å². The van der Waals surface area contributed by atoms with E-state index in [2.05, 4.69) is 50.5 Å². The number of ether oxygens (including phenoxy) is 1. The molecule has 21 heavy (non-hydrogen) atoms. The first-order valence-corrected chi connectivity index (χ1v) is 8.43. The second kappa shape index (κ2) is 6.83. The van der Waals surface area contributed by atoms with E-state index in [-0.39, 0.29) is 5.41 Å². The molecular weight excluding hydrogens is 258 g/mol. The van der Waals surface area contributed by atoms with Gasteiger partial charge in [0.25, 0.3) is 0 Å². The highest BCUT2D eigenvalue weighted by Crippen LogP contribution is 2.61. The molecule has 1 N–H and O–H groups in total. The van der Waals surface area contributed by atoms with Crippen LogP contribution in [0, 0.1) is 5.41 Å². The Morgan fingerprint density at radius 2 is 1.71 bits per heavy atom. The van der Waals surface area contributed by atoms with Gasteiger partial charge in [-0.2, -0.15) is 0 Å². The van der Waals surface area contributed by atoms with Gasteiger partial charge in [-0.3, -0.25) is 0 Å². The van der Waals surface area contributed by atoms with Crippen molar-refractivity contribution in [3.8, 4) is 5.75 Å². The van der Waals surface area contributed by atoms with Crippen molar-refractivity contribution in [1.82, 2.24) is 5.32 Å². The van der Waals surface area contributed by atoms with Gasteiger partial charge in [0, 0.05) is 17.5 Å². The van der Waals surface area contributed by atoms with E-state index in [1.54, 1.807) is 7.11 Å². The van der Waals surface area contributed by atoms with Crippen molar-refractivity contribution >= 4 is 0 Å². The van der Waals surface area contributed by atoms with Crippen LogP contribution in [0.15, 0.2) is 24.3 Å². The number of hydrogen-bond donors (Lipinski definition) is 1. The highest BCUT2D eigenvalue weighted by atomic mass is 16.5. The van der Waals surface area contributed by atoms with Crippen molar-refractivity contribution < 1.29 is 4.74 Å². The summed E-state index contributed by atoms with van der Waals surface area (Å²) in [5.41, 5.74) is 2.21. The van der Waals surface area contributed by atoms with Crippen molar-refractivity contribution in [3.05, 3.63) is 29.8 Å². The molecule has 1 fully saturated rings. The first kappa shape index (κ1) is 16.4. The predicted molar refractivity (Wildman–Crippen MR) is 90.1 cm³/mol. The molecular formula is C19H31NO. The maximum absolute atomic E-state index is 5.63. The molecule has 0 radical (unpaired) electrons. The molecule has 2 rings (SSSR count). The Balaban J connectivity index is 2.28. The van der Waals surface area contributed by atoms with Crippen LogP contribution >= 0.6 is 0 Å². The maximum atomic E-state index is 5.63. The van der Waals surface area contributed by atoms with Crippen LogP contribution in [0.2, 0.25) is 0 Å². The molecule has 0 atom stereocenters. The highest BCUT2D eigenvalue weighted by Gasteiger charge is 2.54. The fourth-order valence-electron chi connectivity index (χ4n) is 4.75. The number of benzene rings is 1. The quantitative estimate of drug-likeness (QED) is 0.759. The van der Waals surface area contributed by atoms with Gasteiger partial charge in [0.05, 0.1) is 7.11 Å². The number of nitrogens with one attached hydrogen (secondary N) is 1. The van der Waals surface area contributed by atoms with Crippen LogP contribution in [0.3, 0.4) is 0 Å². The summed E-state index contributed by atoms with van der Waals surface area (Å²) in [6.07, 6.45) is 7.90. The summed E-state index contributed by atoms with van der Waals surface area (Å²) in [5.74, 6) is 1.05. The Hall–Kier alpha value is -1.02. The Morgan fingerprint density at radius 3 is 2.24 bits per heavy atom.